The third-order valence-corrected chi connectivity index (χ3v) is 1.20. The summed E-state index contributed by atoms with van der Waals surface area (Å²) >= 11 is 0. The van der Waals surface area contributed by atoms with Crippen molar-refractivity contribution in [3.05, 3.63) is 11.6 Å². The molecule has 0 aliphatic carbocycles. The molecule has 0 aromatic rings. The third-order valence-electron chi connectivity index (χ3n) is 1.20. The standard InChI is InChI=1S/C8H11NO2/c1-7(4-3-5-9)6-8(10)11-2/h6H,3-4H2,1-2H3/b7-6-. The van der Waals surface area contributed by atoms with Crippen molar-refractivity contribution in [2.24, 2.45) is 0 Å². The predicted octanol–water partition coefficient (Wildman–Crippen LogP) is 1.41. The van der Waals surface area contributed by atoms with Crippen LogP contribution in [0.15, 0.2) is 11.6 Å². The molecular weight excluding hydrogens is 142 g/mol. The zero-order valence-corrected chi connectivity index (χ0v) is 6.76. The Morgan fingerprint density at radius 3 is 2.82 bits per heavy atom. The fraction of sp³-hybridized carbons (Fsp3) is 0.500. The lowest BCUT2D eigenvalue weighted by atomic mass is 10.2. The second-order valence-corrected chi connectivity index (χ2v) is 2.17. The van der Waals surface area contributed by atoms with Crippen LogP contribution in [0.2, 0.25) is 0 Å². The van der Waals surface area contributed by atoms with Gasteiger partial charge in [0, 0.05) is 12.5 Å². The molecule has 3 heteroatoms. The van der Waals surface area contributed by atoms with E-state index in [-0.39, 0.29) is 5.97 Å². The molecule has 0 rings (SSSR count). The van der Waals surface area contributed by atoms with Crippen molar-refractivity contribution in [1.29, 1.82) is 5.26 Å². The van der Waals surface area contributed by atoms with Crippen LogP contribution in [-0.2, 0) is 9.53 Å². The average molecular weight is 153 g/mol. The highest BCUT2D eigenvalue weighted by molar-refractivity contribution is 5.82. The number of hydrogen-bond acceptors (Lipinski definition) is 3. The van der Waals surface area contributed by atoms with Gasteiger partial charge in [-0.25, -0.2) is 4.79 Å². The minimum absolute atomic E-state index is 0.361. The van der Waals surface area contributed by atoms with Gasteiger partial charge in [0.25, 0.3) is 0 Å². The average Bonchev–Trinajstić information content (AvgIpc) is 2.00. The first-order valence-electron chi connectivity index (χ1n) is 3.32. The van der Waals surface area contributed by atoms with E-state index in [1.54, 1.807) is 6.92 Å². The zero-order chi connectivity index (χ0) is 8.69. The molecule has 0 bridgehead atoms. The molecule has 0 fully saturated rings. The minimum atomic E-state index is -0.361. The van der Waals surface area contributed by atoms with E-state index in [0.29, 0.717) is 12.8 Å². The second-order valence-electron chi connectivity index (χ2n) is 2.17. The minimum Gasteiger partial charge on any atom is -0.466 e. The lowest BCUT2D eigenvalue weighted by molar-refractivity contribution is -0.134. The maximum atomic E-state index is 10.6. The van der Waals surface area contributed by atoms with Gasteiger partial charge in [-0.15, -0.1) is 0 Å². The van der Waals surface area contributed by atoms with Crippen LogP contribution in [0.1, 0.15) is 19.8 Å². The SMILES string of the molecule is COC(=O)/C=C(/C)CCC#N. The Labute approximate surface area is 66.3 Å². The van der Waals surface area contributed by atoms with E-state index >= 15 is 0 Å². The van der Waals surface area contributed by atoms with Crippen LogP contribution >= 0.6 is 0 Å². The number of rotatable bonds is 3. The summed E-state index contributed by atoms with van der Waals surface area (Å²) < 4.78 is 4.40. The number of methoxy groups -OCH3 is 1. The molecule has 3 nitrogen and oxygen atoms in total. The number of ether oxygens (including phenoxy) is 1. The van der Waals surface area contributed by atoms with E-state index in [4.69, 9.17) is 5.26 Å². The summed E-state index contributed by atoms with van der Waals surface area (Å²) in [4.78, 5) is 10.6. The van der Waals surface area contributed by atoms with E-state index in [0.717, 1.165) is 5.57 Å². The molecule has 0 saturated carbocycles. The highest BCUT2D eigenvalue weighted by Gasteiger charge is 1.95. The summed E-state index contributed by atoms with van der Waals surface area (Å²) in [5.74, 6) is -0.361. The second kappa shape index (κ2) is 5.48. The van der Waals surface area contributed by atoms with Crippen LogP contribution in [0.25, 0.3) is 0 Å². The van der Waals surface area contributed by atoms with E-state index in [1.165, 1.54) is 13.2 Å². The summed E-state index contributed by atoms with van der Waals surface area (Å²) in [7, 11) is 1.33. The Morgan fingerprint density at radius 2 is 2.36 bits per heavy atom. The lowest BCUT2D eigenvalue weighted by Gasteiger charge is -1.94. The normalized spacial score (nSPS) is 10.5. The molecule has 0 aliphatic heterocycles. The van der Waals surface area contributed by atoms with E-state index in [9.17, 15) is 4.79 Å². The van der Waals surface area contributed by atoms with Crippen molar-refractivity contribution in [1.82, 2.24) is 0 Å². The van der Waals surface area contributed by atoms with Gasteiger partial charge in [-0.05, 0) is 13.3 Å². The number of carbonyl (C=O) groups excluding carboxylic acids is 1. The maximum absolute atomic E-state index is 10.6. The Kier molecular flexibility index (Phi) is 4.83. The van der Waals surface area contributed by atoms with Crippen molar-refractivity contribution in [2.75, 3.05) is 7.11 Å². The van der Waals surface area contributed by atoms with Gasteiger partial charge >= 0.3 is 5.97 Å². The van der Waals surface area contributed by atoms with Crippen LogP contribution in [-0.4, -0.2) is 13.1 Å². The highest BCUT2D eigenvalue weighted by atomic mass is 16.5. The summed E-state index contributed by atoms with van der Waals surface area (Å²) in [6.45, 7) is 1.80. The van der Waals surface area contributed by atoms with Crippen molar-refractivity contribution in [3.63, 3.8) is 0 Å². The molecule has 0 aliphatic rings. The molecule has 0 N–H and O–H groups in total. The van der Waals surface area contributed by atoms with Gasteiger partial charge in [0.05, 0.1) is 13.2 Å². The summed E-state index contributed by atoms with van der Waals surface area (Å²) in [6.07, 6.45) is 2.47. The van der Waals surface area contributed by atoms with E-state index in [1.807, 2.05) is 6.07 Å². The Bertz CT molecular complexity index is 201. The van der Waals surface area contributed by atoms with Gasteiger partial charge in [-0.2, -0.15) is 5.26 Å². The smallest absolute Gasteiger partial charge is 0.330 e. The summed E-state index contributed by atoms with van der Waals surface area (Å²) in [5, 5.41) is 8.21. The molecule has 0 radical (unpaired) electrons. The molecule has 0 spiro atoms. The first-order chi connectivity index (χ1) is 5.20. The maximum Gasteiger partial charge on any atom is 0.330 e. The summed E-state index contributed by atoms with van der Waals surface area (Å²) in [5.41, 5.74) is 0.874. The Morgan fingerprint density at radius 1 is 1.73 bits per heavy atom. The van der Waals surface area contributed by atoms with Crippen LogP contribution in [0, 0.1) is 11.3 Å². The Balaban J connectivity index is 3.82. The summed E-state index contributed by atoms with van der Waals surface area (Å²) in [6, 6.07) is 2.00. The number of carbonyl (C=O) groups is 1. The van der Waals surface area contributed by atoms with Crippen LogP contribution in [0.4, 0.5) is 0 Å². The van der Waals surface area contributed by atoms with E-state index in [2.05, 4.69) is 4.74 Å². The molecule has 0 unspecified atom stereocenters. The fourth-order valence-corrected chi connectivity index (χ4v) is 0.585. The molecule has 0 saturated heterocycles. The molecule has 60 valence electrons. The number of allylic oxidation sites excluding steroid dienone is 1. The fourth-order valence-electron chi connectivity index (χ4n) is 0.585. The molecule has 0 aromatic heterocycles. The van der Waals surface area contributed by atoms with Crippen molar-refractivity contribution in [3.8, 4) is 6.07 Å². The van der Waals surface area contributed by atoms with Crippen LogP contribution in [0.3, 0.4) is 0 Å². The van der Waals surface area contributed by atoms with Gasteiger partial charge in [-0.3, -0.25) is 0 Å². The zero-order valence-electron chi connectivity index (χ0n) is 6.76. The predicted molar refractivity (Wildman–Crippen MR) is 40.6 cm³/mol. The van der Waals surface area contributed by atoms with Gasteiger partial charge in [-0.1, -0.05) is 5.57 Å². The number of esters is 1. The largest absolute Gasteiger partial charge is 0.466 e. The van der Waals surface area contributed by atoms with Crippen LogP contribution < -0.4 is 0 Å². The monoisotopic (exact) mass is 153 g/mol. The van der Waals surface area contributed by atoms with Crippen molar-refractivity contribution < 1.29 is 9.53 Å². The van der Waals surface area contributed by atoms with Gasteiger partial charge in [0.2, 0.25) is 0 Å². The third kappa shape index (κ3) is 5.16. The van der Waals surface area contributed by atoms with Crippen LogP contribution in [0.5, 0.6) is 0 Å². The first-order valence-corrected chi connectivity index (χ1v) is 3.32. The lowest BCUT2D eigenvalue weighted by Crippen LogP contribution is -1.95. The van der Waals surface area contributed by atoms with Gasteiger partial charge in [0.15, 0.2) is 0 Å². The molecule has 0 amide bonds. The quantitative estimate of drug-likeness (QED) is 0.455. The molecule has 11 heavy (non-hydrogen) atoms. The molecule has 0 aromatic carbocycles. The molecule has 0 atom stereocenters. The highest BCUT2D eigenvalue weighted by Crippen LogP contribution is 2.02. The first kappa shape index (κ1) is 9.70. The van der Waals surface area contributed by atoms with E-state index < -0.39 is 0 Å². The molecule has 0 heterocycles. The van der Waals surface area contributed by atoms with Gasteiger partial charge < -0.3 is 4.74 Å². The molecular formula is C8H11NO2. The Hall–Kier alpha value is -1.30. The van der Waals surface area contributed by atoms with Gasteiger partial charge in [0.1, 0.15) is 0 Å². The van der Waals surface area contributed by atoms with Crippen molar-refractivity contribution in [2.45, 2.75) is 19.8 Å². The number of nitrogens with zero attached hydrogens (tertiary/aromatic N) is 1. The topological polar surface area (TPSA) is 50.1 Å². The number of hydrogen-bond donors (Lipinski definition) is 0. The number of nitriles is 1. The van der Waals surface area contributed by atoms with Crippen molar-refractivity contribution >= 4 is 5.97 Å².